The molecule has 1 saturated heterocycles. The van der Waals surface area contributed by atoms with E-state index in [1.807, 2.05) is 11.3 Å². The Morgan fingerprint density at radius 2 is 2.22 bits per heavy atom. The van der Waals surface area contributed by atoms with E-state index in [0.29, 0.717) is 0 Å². The van der Waals surface area contributed by atoms with Crippen LogP contribution < -0.4 is 11.3 Å². The number of hydrazine groups is 1. The van der Waals surface area contributed by atoms with Crippen molar-refractivity contribution in [2.75, 3.05) is 13.2 Å². The Balaban J connectivity index is 1.72. The highest BCUT2D eigenvalue weighted by Gasteiger charge is 2.21. The maximum atomic E-state index is 5.74. The van der Waals surface area contributed by atoms with Crippen LogP contribution in [0.1, 0.15) is 30.2 Å². The second-order valence-corrected chi connectivity index (χ2v) is 6.87. The molecular weight excluding hydrogens is 264 g/mol. The number of rotatable bonds is 4. The fourth-order valence-electron chi connectivity index (χ4n) is 2.54. The molecule has 98 valence electrons. The molecule has 18 heavy (non-hydrogen) atoms. The van der Waals surface area contributed by atoms with E-state index in [-0.39, 0.29) is 6.04 Å². The third-order valence-corrected chi connectivity index (χ3v) is 5.82. The van der Waals surface area contributed by atoms with Crippen molar-refractivity contribution in [2.45, 2.75) is 25.3 Å². The van der Waals surface area contributed by atoms with Crippen LogP contribution in [-0.4, -0.2) is 13.2 Å². The number of hydrogen-bond donors (Lipinski definition) is 2. The van der Waals surface area contributed by atoms with Gasteiger partial charge in [-0.05, 0) is 42.7 Å². The molecule has 0 aromatic carbocycles. The van der Waals surface area contributed by atoms with E-state index in [9.17, 15) is 0 Å². The Morgan fingerprint density at radius 1 is 1.39 bits per heavy atom. The van der Waals surface area contributed by atoms with Crippen LogP contribution in [0.15, 0.2) is 17.5 Å². The van der Waals surface area contributed by atoms with E-state index in [1.165, 1.54) is 14.3 Å². The molecule has 0 aliphatic carbocycles. The van der Waals surface area contributed by atoms with Gasteiger partial charge in [-0.15, -0.1) is 22.7 Å². The summed E-state index contributed by atoms with van der Waals surface area (Å²) in [6.07, 6.45) is 3.45. The first-order chi connectivity index (χ1) is 8.86. The Kier molecular flexibility index (Phi) is 3.96. The van der Waals surface area contributed by atoms with Crippen LogP contribution in [0.25, 0.3) is 9.40 Å². The summed E-state index contributed by atoms with van der Waals surface area (Å²) in [6.45, 7) is 1.81. The molecule has 0 spiro atoms. The van der Waals surface area contributed by atoms with E-state index in [1.54, 1.807) is 11.3 Å². The molecule has 2 aromatic heterocycles. The zero-order valence-electron chi connectivity index (χ0n) is 10.2. The van der Waals surface area contributed by atoms with Gasteiger partial charge < -0.3 is 4.74 Å². The molecule has 3 rings (SSSR count). The SMILES string of the molecule is NNC(CC1CCOCC1)c1cc2sccc2s1. The number of fused-ring (bicyclic) bond motifs is 1. The van der Waals surface area contributed by atoms with E-state index in [2.05, 4.69) is 22.9 Å². The number of thiophene rings is 2. The maximum Gasteiger partial charge on any atom is 0.0556 e. The van der Waals surface area contributed by atoms with Crippen LogP contribution in [0.3, 0.4) is 0 Å². The first kappa shape index (κ1) is 12.6. The molecule has 3 N–H and O–H groups in total. The van der Waals surface area contributed by atoms with Gasteiger partial charge in [0, 0.05) is 27.5 Å². The fraction of sp³-hybridized carbons (Fsp3) is 0.538. The van der Waals surface area contributed by atoms with Crippen LogP contribution in [0.5, 0.6) is 0 Å². The highest BCUT2D eigenvalue weighted by Crippen LogP contribution is 2.36. The summed E-state index contributed by atoms with van der Waals surface area (Å²) < 4.78 is 8.16. The van der Waals surface area contributed by atoms with E-state index in [0.717, 1.165) is 38.4 Å². The quantitative estimate of drug-likeness (QED) is 0.668. The highest BCUT2D eigenvalue weighted by molar-refractivity contribution is 7.26. The van der Waals surface area contributed by atoms with Crippen molar-refractivity contribution in [2.24, 2.45) is 11.8 Å². The third-order valence-electron chi connectivity index (χ3n) is 3.61. The zero-order valence-corrected chi connectivity index (χ0v) is 11.9. The molecule has 5 heteroatoms. The summed E-state index contributed by atoms with van der Waals surface area (Å²) in [7, 11) is 0. The molecular formula is C13H18N2OS2. The van der Waals surface area contributed by atoms with Gasteiger partial charge >= 0.3 is 0 Å². The predicted octanol–water partition coefficient (Wildman–Crippen LogP) is 3.28. The monoisotopic (exact) mass is 282 g/mol. The first-order valence-corrected chi connectivity index (χ1v) is 8.07. The molecule has 1 aliphatic heterocycles. The number of ether oxygens (including phenoxy) is 1. The minimum atomic E-state index is 0.290. The van der Waals surface area contributed by atoms with Crippen molar-refractivity contribution in [1.82, 2.24) is 5.43 Å². The molecule has 1 aliphatic rings. The zero-order chi connectivity index (χ0) is 12.4. The lowest BCUT2D eigenvalue weighted by Crippen LogP contribution is -2.30. The predicted molar refractivity (Wildman–Crippen MR) is 77.9 cm³/mol. The lowest BCUT2D eigenvalue weighted by Gasteiger charge is -2.25. The summed E-state index contributed by atoms with van der Waals surface area (Å²) in [4.78, 5) is 1.37. The van der Waals surface area contributed by atoms with Crippen molar-refractivity contribution in [1.29, 1.82) is 0 Å². The summed E-state index contributed by atoms with van der Waals surface area (Å²) in [5.74, 6) is 6.48. The van der Waals surface area contributed by atoms with Crippen LogP contribution in [0, 0.1) is 5.92 Å². The van der Waals surface area contributed by atoms with Gasteiger partial charge in [0.25, 0.3) is 0 Å². The minimum Gasteiger partial charge on any atom is -0.381 e. The van der Waals surface area contributed by atoms with Gasteiger partial charge in [0.15, 0.2) is 0 Å². The standard InChI is InChI=1S/C13H18N2OS2/c14-15-10(7-9-1-4-16-5-2-9)12-8-13-11(18-12)3-6-17-13/h3,6,8-10,15H,1-2,4-5,7,14H2. The summed E-state index contributed by atoms with van der Waals surface area (Å²) in [6, 6.07) is 4.77. The normalized spacial score (nSPS) is 19.4. The summed E-state index contributed by atoms with van der Waals surface area (Å²) in [5.41, 5.74) is 2.99. The molecule has 1 atom stereocenters. The Hall–Kier alpha value is -0.460. The van der Waals surface area contributed by atoms with Gasteiger partial charge in [0.1, 0.15) is 0 Å². The fourth-order valence-corrected chi connectivity index (χ4v) is 4.73. The van der Waals surface area contributed by atoms with Crippen molar-refractivity contribution in [3.05, 3.63) is 22.4 Å². The van der Waals surface area contributed by atoms with Crippen molar-refractivity contribution < 1.29 is 4.74 Å². The molecule has 0 bridgehead atoms. The smallest absolute Gasteiger partial charge is 0.0556 e. The molecule has 0 saturated carbocycles. The molecule has 0 amide bonds. The number of nitrogens with two attached hydrogens (primary N) is 1. The minimum absolute atomic E-state index is 0.290. The van der Waals surface area contributed by atoms with Crippen LogP contribution >= 0.6 is 22.7 Å². The second-order valence-electron chi connectivity index (χ2n) is 4.81. The number of nitrogens with one attached hydrogen (secondary N) is 1. The second kappa shape index (κ2) is 5.67. The van der Waals surface area contributed by atoms with Crippen molar-refractivity contribution >= 4 is 32.1 Å². The average molecular weight is 282 g/mol. The summed E-state index contributed by atoms with van der Waals surface area (Å²) in [5, 5.41) is 2.15. The largest absolute Gasteiger partial charge is 0.381 e. The summed E-state index contributed by atoms with van der Waals surface area (Å²) >= 11 is 3.67. The van der Waals surface area contributed by atoms with Gasteiger partial charge in [-0.3, -0.25) is 11.3 Å². The van der Waals surface area contributed by atoms with E-state index in [4.69, 9.17) is 10.6 Å². The lowest BCUT2D eigenvalue weighted by atomic mass is 9.92. The van der Waals surface area contributed by atoms with E-state index < -0.39 is 0 Å². The van der Waals surface area contributed by atoms with E-state index >= 15 is 0 Å². The highest BCUT2D eigenvalue weighted by atomic mass is 32.1. The first-order valence-electron chi connectivity index (χ1n) is 6.37. The van der Waals surface area contributed by atoms with Crippen LogP contribution in [-0.2, 0) is 4.74 Å². The van der Waals surface area contributed by atoms with Crippen LogP contribution in [0.2, 0.25) is 0 Å². The molecule has 3 nitrogen and oxygen atoms in total. The topological polar surface area (TPSA) is 47.3 Å². The molecule has 1 fully saturated rings. The molecule has 0 radical (unpaired) electrons. The van der Waals surface area contributed by atoms with Crippen LogP contribution in [0.4, 0.5) is 0 Å². The van der Waals surface area contributed by atoms with Gasteiger partial charge in [-0.25, -0.2) is 0 Å². The Morgan fingerprint density at radius 3 is 2.94 bits per heavy atom. The van der Waals surface area contributed by atoms with Gasteiger partial charge in [-0.2, -0.15) is 0 Å². The molecule has 3 heterocycles. The van der Waals surface area contributed by atoms with Crippen molar-refractivity contribution in [3.8, 4) is 0 Å². The Labute approximate surface area is 115 Å². The van der Waals surface area contributed by atoms with Crippen molar-refractivity contribution in [3.63, 3.8) is 0 Å². The average Bonchev–Trinajstić information content (AvgIpc) is 2.98. The Bertz CT molecular complexity index is 473. The van der Waals surface area contributed by atoms with Gasteiger partial charge in [-0.1, -0.05) is 0 Å². The van der Waals surface area contributed by atoms with Gasteiger partial charge in [0.2, 0.25) is 0 Å². The number of hydrogen-bond acceptors (Lipinski definition) is 5. The third kappa shape index (κ3) is 2.60. The maximum absolute atomic E-state index is 5.74. The lowest BCUT2D eigenvalue weighted by molar-refractivity contribution is 0.0606. The van der Waals surface area contributed by atoms with Gasteiger partial charge in [0.05, 0.1) is 6.04 Å². The molecule has 2 aromatic rings. The molecule has 1 unspecified atom stereocenters.